The molecule has 0 aliphatic carbocycles. The second-order valence-electron chi connectivity index (χ2n) is 3.97. The predicted octanol–water partition coefficient (Wildman–Crippen LogP) is 0.584. The molecule has 1 atom stereocenters. The van der Waals surface area contributed by atoms with E-state index in [9.17, 15) is 4.79 Å². The first-order valence-electron chi connectivity index (χ1n) is 5.38. The summed E-state index contributed by atoms with van der Waals surface area (Å²) in [4.78, 5) is 17.1. The van der Waals surface area contributed by atoms with Gasteiger partial charge in [0.15, 0.2) is 5.13 Å². The number of morpholine rings is 1. The molecule has 17 heavy (non-hydrogen) atoms. The molecular formula is C10H15N3O3S. The van der Waals surface area contributed by atoms with Gasteiger partial charge in [-0.15, -0.1) is 0 Å². The van der Waals surface area contributed by atoms with Gasteiger partial charge in [0.1, 0.15) is 4.88 Å². The Labute approximate surface area is 103 Å². The fraction of sp³-hybridized carbons (Fsp3) is 0.600. The van der Waals surface area contributed by atoms with Gasteiger partial charge in [0.25, 0.3) is 0 Å². The van der Waals surface area contributed by atoms with Gasteiger partial charge in [0, 0.05) is 19.6 Å². The topological polar surface area (TPSA) is 74.7 Å². The Hall–Kier alpha value is -1.18. The van der Waals surface area contributed by atoms with Crippen molar-refractivity contribution < 1.29 is 14.6 Å². The van der Waals surface area contributed by atoms with E-state index in [4.69, 9.17) is 9.84 Å². The number of hydrogen-bond acceptors (Lipinski definition) is 6. The number of ether oxygens (including phenoxy) is 1. The molecule has 1 saturated heterocycles. The van der Waals surface area contributed by atoms with Gasteiger partial charge >= 0.3 is 5.97 Å². The second kappa shape index (κ2) is 5.44. The Morgan fingerprint density at radius 3 is 3.29 bits per heavy atom. The van der Waals surface area contributed by atoms with Crippen LogP contribution in [0.15, 0.2) is 6.20 Å². The third-order valence-corrected chi connectivity index (χ3v) is 3.48. The number of carboxylic acids is 1. The van der Waals surface area contributed by atoms with Crippen LogP contribution >= 0.6 is 11.3 Å². The van der Waals surface area contributed by atoms with Crippen LogP contribution in [0.3, 0.4) is 0 Å². The van der Waals surface area contributed by atoms with Crippen molar-refractivity contribution in [2.45, 2.75) is 6.10 Å². The maximum atomic E-state index is 10.7. The lowest BCUT2D eigenvalue weighted by Gasteiger charge is -2.29. The first-order valence-corrected chi connectivity index (χ1v) is 6.20. The Kier molecular flexibility index (Phi) is 3.93. The summed E-state index contributed by atoms with van der Waals surface area (Å²) in [7, 11) is 2.06. The van der Waals surface area contributed by atoms with E-state index in [2.05, 4.69) is 22.2 Å². The van der Waals surface area contributed by atoms with Crippen molar-refractivity contribution in [3.63, 3.8) is 0 Å². The van der Waals surface area contributed by atoms with Crippen LogP contribution in [0.5, 0.6) is 0 Å². The fourth-order valence-electron chi connectivity index (χ4n) is 1.65. The molecule has 6 nitrogen and oxygen atoms in total. The Balaban J connectivity index is 1.82. The van der Waals surface area contributed by atoms with Crippen molar-refractivity contribution in [2.24, 2.45) is 0 Å². The zero-order chi connectivity index (χ0) is 12.3. The Bertz CT molecular complexity index is 396. The number of carbonyl (C=O) groups is 1. The Morgan fingerprint density at radius 1 is 1.82 bits per heavy atom. The molecule has 0 amide bonds. The summed E-state index contributed by atoms with van der Waals surface area (Å²) >= 11 is 1.14. The zero-order valence-electron chi connectivity index (χ0n) is 9.55. The number of rotatable bonds is 4. The minimum atomic E-state index is -0.941. The summed E-state index contributed by atoms with van der Waals surface area (Å²) < 4.78 is 5.58. The molecule has 1 aromatic rings. The summed E-state index contributed by atoms with van der Waals surface area (Å²) in [5, 5.41) is 12.5. The molecule has 7 heteroatoms. The molecular weight excluding hydrogens is 242 g/mol. The average Bonchev–Trinajstić information content (AvgIpc) is 2.75. The van der Waals surface area contributed by atoms with Crippen molar-refractivity contribution in [3.05, 3.63) is 11.1 Å². The second-order valence-corrected chi connectivity index (χ2v) is 5.00. The predicted molar refractivity (Wildman–Crippen MR) is 64.8 cm³/mol. The van der Waals surface area contributed by atoms with Gasteiger partial charge in [-0.25, -0.2) is 9.78 Å². The lowest BCUT2D eigenvalue weighted by Crippen LogP contribution is -2.43. The van der Waals surface area contributed by atoms with Crippen LogP contribution in [0, 0.1) is 0 Å². The van der Waals surface area contributed by atoms with Gasteiger partial charge in [0.2, 0.25) is 0 Å². The van der Waals surface area contributed by atoms with Crippen LogP contribution in [0.2, 0.25) is 0 Å². The monoisotopic (exact) mass is 257 g/mol. The van der Waals surface area contributed by atoms with E-state index < -0.39 is 5.97 Å². The third kappa shape index (κ3) is 3.39. The number of nitrogens with one attached hydrogen (secondary N) is 1. The molecule has 2 rings (SSSR count). The fourth-order valence-corrected chi connectivity index (χ4v) is 2.31. The number of likely N-dealkylation sites (N-methyl/N-ethyl adjacent to an activating group) is 1. The number of anilines is 1. The van der Waals surface area contributed by atoms with Crippen LogP contribution in [0.25, 0.3) is 0 Å². The summed E-state index contributed by atoms with van der Waals surface area (Å²) in [5.74, 6) is -0.941. The van der Waals surface area contributed by atoms with Crippen molar-refractivity contribution in [2.75, 3.05) is 38.6 Å². The van der Waals surface area contributed by atoms with Crippen LogP contribution < -0.4 is 5.32 Å². The highest BCUT2D eigenvalue weighted by Gasteiger charge is 2.18. The van der Waals surface area contributed by atoms with E-state index in [-0.39, 0.29) is 11.0 Å². The molecule has 1 aliphatic rings. The quantitative estimate of drug-likeness (QED) is 0.822. The maximum Gasteiger partial charge on any atom is 0.347 e. The smallest absolute Gasteiger partial charge is 0.347 e. The minimum absolute atomic E-state index is 0.130. The average molecular weight is 257 g/mol. The highest BCUT2D eigenvalue weighted by molar-refractivity contribution is 7.17. The minimum Gasteiger partial charge on any atom is -0.477 e. The van der Waals surface area contributed by atoms with Crippen LogP contribution in [0.4, 0.5) is 5.13 Å². The van der Waals surface area contributed by atoms with Gasteiger partial charge in [-0.1, -0.05) is 11.3 Å². The molecule has 1 unspecified atom stereocenters. The summed E-state index contributed by atoms with van der Waals surface area (Å²) in [6, 6.07) is 0. The van der Waals surface area contributed by atoms with Gasteiger partial charge < -0.3 is 20.1 Å². The van der Waals surface area contributed by atoms with E-state index >= 15 is 0 Å². The maximum absolute atomic E-state index is 10.7. The summed E-state index contributed by atoms with van der Waals surface area (Å²) in [5.41, 5.74) is 0. The van der Waals surface area contributed by atoms with Gasteiger partial charge in [-0.05, 0) is 7.05 Å². The first kappa shape index (κ1) is 12.3. The summed E-state index contributed by atoms with van der Waals surface area (Å²) in [6.45, 7) is 3.22. The van der Waals surface area contributed by atoms with Crippen LogP contribution in [0.1, 0.15) is 9.67 Å². The van der Waals surface area contributed by atoms with Gasteiger partial charge in [0.05, 0.1) is 18.9 Å². The first-order chi connectivity index (χ1) is 8.15. The summed E-state index contributed by atoms with van der Waals surface area (Å²) in [6.07, 6.45) is 1.49. The molecule has 0 spiro atoms. The number of aromatic carboxylic acids is 1. The Morgan fingerprint density at radius 2 is 2.65 bits per heavy atom. The molecule has 1 aromatic heterocycles. The van der Waals surface area contributed by atoms with Gasteiger partial charge in [-0.3, -0.25) is 0 Å². The molecule has 1 fully saturated rings. The van der Waals surface area contributed by atoms with E-state index in [0.29, 0.717) is 11.7 Å². The van der Waals surface area contributed by atoms with Gasteiger partial charge in [-0.2, -0.15) is 0 Å². The normalized spacial score (nSPS) is 21.4. The number of thiazole rings is 1. The van der Waals surface area contributed by atoms with Crippen molar-refractivity contribution >= 4 is 22.4 Å². The third-order valence-electron chi connectivity index (χ3n) is 2.54. The molecule has 0 radical (unpaired) electrons. The number of hydrogen-bond donors (Lipinski definition) is 2. The highest BCUT2D eigenvalue weighted by atomic mass is 32.1. The van der Waals surface area contributed by atoms with E-state index in [1.54, 1.807) is 0 Å². The van der Waals surface area contributed by atoms with Crippen LogP contribution in [-0.4, -0.2) is 60.4 Å². The van der Waals surface area contributed by atoms with E-state index in [1.165, 1.54) is 6.20 Å². The molecule has 94 valence electrons. The standard InChI is InChI=1S/C10H15N3O3S/c1-13-2-3-16-7(6-13)4-11-10-12-5-8(17-10)9(14)15/h5,7H,2-4,6H2,1H3,(H,11,12)(H,14,15). The molecule has 2 N–H and O–H groups in total. The number of carboxylic acid groups (broad SMARTS) is 1. The van der Waals surface area contributed by atoms with Crippen molar-refractivity contribution in [1.29, 1.82) is 0 Å². The SMILES string of the molecule is CN1CCOC(CNc2ncc(C(=O)O)s2)C1. The van der Waals surface area contributed by atoms with Crippen molar-refractivity contribution in [1.82, 2.24) is 9.88 Å². The lowest BCUT2D eigenvalue weighted by atomic mass is 10.3. The van der Waals surface area contributed by atoms with Crippen molar-refractivity contribution in [3.8, 4) is 0 Å². The molecule has 0 aromatic carbocycles. The number of nitrogens with zero attached hydrogens (tertiary/aromatic N) is 2. The molecule has 2 heterocycles. The van der Waals surface area contributed by atoms with Crippen LogP contribution in [-0.2, 0) is 4.74 Å². The number of aromatic nitrogens is 1. The zero-order valence-corrected chi connectivity index (χ0v) is 10.4. The van der Waals surface area contributed by atoms with E-state index in [0.717, 1.165) is 31.0 Å². The molecule has 0 saturated carbocycles. The van der Waals surface area contributed by atoms with E-state index in [1.807, 2.05) is 0 Å². The molecule has 0 bridgehead atoms. The lowest BCUT2D eigenvalue weighted by molar-refractivity contribution is -0.0117. The largest absolute Gasteiger partial charge is 0.477 e. The molecule has 1 aliphatic heterocycles. The highest BCUT2D eigenvalue weighted by Crippen LogP contribution is 2.18.